The summed E-state index contributed by atoms with van der Waals surface area (Å²) >= 11 is 0. The molecule has 1 fully saturated rings. The third-order valence-corrected chi connectivity index (χ3v) is 12.5. The predicted molar refractivity (Wildman–Crippen MR) is 153 cm³/mol. The van der Waals surface area contributed by atoms with Crippen LogP contribution in [-0.2, 0) is 31.4 Å². The molecule has 0 aliphatic carbocycles. The molecule has 11 heteroatoms. The van der Waals surface area contributed by atoms with Gasteiger partial charge in [0.1, 0.15) is 23.1 Å². The van der Waals surface area contributed by atoms with Crippen molar-refractivity contribution in [1.82, 2.24) is 15.0 Å². The molecular weight excluding hydrogens is 520 g/mol. The van der Waals surface area contributed by atoms with Crippen LogP contribution in [0.25, 0.3) is 22.3 Å². The Kier molecular flexibility index (Phi) is 8.13. The van der Waals surface area contributed by atoms with E-state index in [1.165, 1.54) is 6.26 Å². The first-order valence-corrected chi connectivity index (χ1v) is 17.7. The molecule has 2 aromatic heterocycles. The number of fused-ring (bicyclic) bond motifs is 1. The maximum atomic E-state index is 12.0. The van der Waals surface area contributed by atoms with E-state index in [-0.39, 0.29) is 16.6 Å². The van der Waals surface area contributed by atoms with Gasteiger partial charge in [0.05, 0.1) is 38.0 Å². The van der Waals surface area contributed by atoms with Crippen molar-refractivity contribution in [1.29, 1.82) is 0 Å². The lowest BCUT2D eigenvalue weighted by atomic mass is 10.1. The molecule has 0 bridgehead atoms. The van der Waals surface area contributed by atoms with Gasteiger partial charge in [0.15, 0.2) is 23.8 Å². The molecule has 38 heavy (non-hydrogen) atoms. The van der Waals surface area contributed by atoms with Gasteiger partial charge in [-0.2, -0.15) is 0 Å². The van der Waals surface area contributed by atoms with Gasteiger partial charge in [-0.3, -0.25) is 0 Å². The average molecular weight is 559 g/mol. The summed E-state index contributed by atoms with van der Waals surface area (Å²) in [6.45, 7) is 14.1. The monoisotopic (exact) mass is 558 g/mol. The molecule has 4 rings (SSSR count). The number of pyridine rings is 1. The second kappa shape index (κ2) is 10.9. The fraction of sp³-hybridized carbons (Fsp3) is 0.519. The summed E-state index contributed by atoms with van der Waals surface area (Å²) in [5, 5.41) is 0.877. The second-order valence-corrected chi connectivity index (χ2v) is 18.2. The largest absolute Gasteiger partial charge is 0.496 e. The van der Waals surface area contributed by atoms with Gasteiger partial charge >= 0.3 is 0 Å². The second-order valence-electron chi connectivity index (χ2n) is 11.3. The lowest BCUT2D eigenvalue weighted by Gasteiger charge is -2.36. The predicted octanol–water partition coefficient (Wildman–Crippen LogP) is 4.60. The summed E-state index contributed by atoms with van der Waals surface area (Å²) in [6, 6.07) is 9.85. The summed E-state index contributed by atoms with van der Waals surface area (Å²) in [4.78, 5) is 16.1. The van der Waals surface area contributed by atoms with Crippen LogP contribution in [0.4, 0.5) is 5.82 Å². The highest BCUT2D eigenvalue weighted by atomic mass is 32.2. The molecule has 3 aromatic rings. The Morgan fingerprint density at radius 2 is 1.76 bits per heavy atom. The molecule has 0 unspecified atom stereocenters. The quantitative estimate of drug-likeness (QED) is 0.367. The standard InChI is InChI=1S/C27H38N4O5SSi/c1-27(2,3)38(6,7)36-17-20-16-19(8-11-23(20)34-4)22-10-9-21-25(28-22)29-24(18-37(5,32)33)30-26(21)31-12-14-35-15-13-31/h8-11,16H,12-15,17-18H2,1-7H3. The van der Waals surface area contributed by atoms with Crippen LogP contribution >= 0.6 is 0 Å². The molecule has 0 amide bonds. The van der Waals surface area contributed by atoms with Gasteiger partial charge in [-0.15, -0.1) is 0 Å². The van der Waals surface area contributed by atoms with Gasteiger partial charge in [-0.1, -0.05) is 20.8 Å². The van der Waals surface area contributed by atoms with Crippen LogP contribution in [0, 0.1) is 0 Å². The first-order valence-electron chi connectivity index (χ1n) is 12.8. The Morgan fingerprint density at radius 3 is 2.39 bits per heavy atom. The Balaban J connectivity index is 1.75. The van der Waals surface area contributed by atoms with Gasteiger partial charge in [0.2, 0.25) is 0 Å². The van der Waals surface area contributed by atoms with Gasteiger partial charge in [0, 0.05) is 30.5 Å². The zero-order chi connectivity index (χ0) is 27.7. The summed E-state index contributed by atoms with van der Waals surface area (Å²) in [6.07, 6.45) is 1.18. The van der Waals surface area contributed by atoms with Gasteiger partial charge in [0.25, 0.3) is 0 Å². The van der Waals surface area contributed by atoms with Gasteiger partial charge in [-0.25, -0.2) is 23.4 Å². The number of benzene rings is 1. The zero-order valence-electron chi connectivity index (χ0n) is 23.4. The zero-order valence-corrected chi connectivity index (χ0v) is 25.2. The molecule has 1 aliphatic rings. The number of rotatable bonds is 8. The van der Waals surface area contributed by atoms with Crippen molar-refractivity contribution in [3.8, 4) is 17.0 Å². The molecule has 9 nitrogen and oxygen atoms in total. The third-order valence-electron chi connectivity index (χ3n) is 7.26. The maximum absolute atomic E-state index is 12.0. The number of hydrogen-bond acceptors (Lipinski definition) is 9. The highest BCUT2D eigenvalue weighted by molar-refractivity contribution is 7.89. The third kappa shape index (κ3) is 6.51. The van der Waals surface area contributed by atoms with Crippen LogP contribution in [0.1, 0.15) is 32.2 Å². The van der Waals surface area contributed by atoms with E-state index in [1.54, 1.807) is 7.11 Å². The van der Waals surface area contributed by atoms with Crippen molar-refractivity contribution in [3.05, 3.63) is 41.7 Å². The fourth-order valence-electron chi connectivity index (χ4n) is 4.04. The topological polar surface area (TPSA) is 104 Å². The first-order chi connectivity index (χ1) is 17.8. The number of methoxy groups -OCH3 is 1. The van der Waals surface area contributed by atoms with Gasteiger partial charge < -0.3 is 18.8 Å². The SMILES string of the molecule is COc1ccc(-c2ccc3c(N4CCOCC4)nc(CS(C)(=O)=O)nc3n2)cc1CO[Si](C)(C)C(C)(C)C. The highest BCUT2D eigenvalue weighted by Gasteiger charge is 2.37. The molecule has 0 spiro atoms. The minimum atomic E-state index is -3.32. The Hall–Kier alpha value is -2.60. The van der Waals surface area contributed by atoms with E-state index >= 15 is 0 Å². The normalized spacial score (nSPS) is 15.2. The molecule has 3 heterocycles. The van der Waals surface area contributed by atoms with E-state index in [4.69, 9.17) is 18.9 Å². The molecule has 0 atom stereocenters. The number of anilines is 1. The molecule has 206 valence electrons. The van der Waals surface area contributed by atoms with E-state index in [1.807, 2.05) is 30.3 Å². The van der Waals surface area contributed by atoms with E-state index in [9.17, 15) is 8.42 Å². The number of hydrogen-bond donors (Lipinski definition) is 0. The number of sulfone groups is 1. The Bertz CT molecular complexity index is 1420. The van der Waals surface area contributed by atoms with Crippen LogP contribution in [0.2, 0.25) is 18.1 Å². The average Bonchev–Trinajstić information content (AvgIpc) is 2.85. The number of ether oxygens (including phenoxy) is 2. The minimum absolute atomic E-state index is 0.0965. The van der Waals surface area contributed by atoms with Crippen molar-refractivity contribution < 1.29 is 22.3 Å². The Morgan fingerprint density at radius 1 is 1.05 bits per heavy atom. The van der Waals surface area contributed by atoms with E-state index in [2.05, 4.69) is 48.7 Å². The van der Waals surface area contributed by atoms with Crippen LogP contribution in [0.5, 0.6) is 5.75 Å². The number of aromatic nitrogens is 3. The number of nitrogens with zero attached hydrogens (tertiary/aromatic N) is 4. The lowest BCUT2D eigenvalue weighted by Crippen LogP contribution is -2.40. The molecule has 0 saturated carbocycles. The summed E-state index contributed by atoms with van der Waals surface area (Å²) < 4.78 is 41.7. The minimum Gasteiger partial charge on any atom is -0.496 e. The highest BCUT2D eigenvalue weighted by Crippen LogP contribution is 2.38. The molecule has 1 saturated heterocycles. The lowest BCUT2D eigenvalue weighted by molar-refractivity contribution is 0.122. The molecular formula is C27H38N4O5SSi. The van der Waals surface area contributed by atoms with Crippen LogP contribution < -0.4 is 9.64 Å². The van der Waals surface area contributed by atoms with Crippen LogP contribution in [-0.4, -0.2) is 71.4 Å². The van der Waals surface area contributed by atoms with E-state index in [0.29, 0.717) is 44.4 Å². The van der Waals surface area contributed by atoms with Crippen molar-refractivity contribution in [2.45, 2.75) is 51.3 Å². The van der Waals surface area contributed by atoms with Crippen molar-refractivity contribution in [3.63, 3.8) is 0 Å². The molecule has 0 N–H and O–H groups in total. The summed E-state index contributed by atoms with van der Waals surface area (Å²) in [5.41, 5.74) is 3.04. The smallest absolute Gasteiger partial charge is 0.192 e. The van der Waals surface area contributed by atoms with Crippen molar-refractivity contribution in [2.24, 2.45) is 0 Å². The summed E-state index contributed by atoms with van der Waals surface area (Å²) in [5.74, 6) is 1.45. The van der Waals surface area contributed by atoms with E-state index in [0.717, 1.165) is 28.0 Å². The number of morpholine rings is 1. The first kappa shape index (κ1) is 28.4. The van der Waals surface area contributed by atoms with Crippen molar-refractivity contribution in [2.75, 3.05) is 44.6 Å². The van der Waals surface area contributed by atoms with E-state index < -0.39 is 18.2 Å². The maximum Gasteiger partial charge on any atom is 0.192 e. The Labute approximate surface area is 226 Å². The van der Waals surface area contributed by atoms with Crippen molar-refractivity contribution >= 4 is 35.0 Å². The molecule has 1 aromatic carbocycles. The van der Waals surface area contributed by atoms with Crippen LogP contribution in [0.15, 0.2) is 30.3 Å². The fourth-order valence-corrected chi connectivity index (χ4v) is 5.59. The molecule has 1 aliphatic heterocycles. The van der Waals surface area contributed by atoms with Gasteiger partial charge in [-0.05, 0) is 48.5 Å². The van der Waals surface area contributed by atoms with Crippen LogP contribution in [0.3, 0.4) is 0 Å². The summed E-state index contributed by atoms with van der Waals surface area (Å²) in [7, 11) is -3.62. The molecule has 0 radical (unpaired) electrons.